The predicted octanol–water partition coefficient (Wildman–Crippen LogP) is 0.500. The Labute approximate surface area is 85.9 Å². The van der Waals surface area contributed by atoms with Gasteiger partial charge in [-0.25, -0.2) is 0 Å². The molecule has 0 fully saturated rings. The minimum absolute atomic E-state index is 0.0260. The number of carbonyl (C=O) groups excluding carboxylic acids is 1. The van der Waals surface area contributed by atoms with Crippen molar-refractivity contribution in [3.05, 3.63) is 0 Å². The Kier molecular flexibility index (Phi) is 7.42. The highest BCUT2D eigenvalue weighted by molar-refractivity contribution is 5.76. The van der Waals surface area contributed by atoms with Crippen LogP contribution in [0.1, 0.15) is 20.3 Å². The highest BCUT2D eigenvalue weighted by Gasteiger charge is 2.14. The number of aliphatic hydroxyl groups excluding tert-OH is 1. The van der Waals surface area contributed by atoms with Gasteiger partial charge in [0, 0.05) is 33.2 Å². The van der Waals surface area contributed by atoms with Crippen LogP contribution in [0, 0.1) is 5.92 Å². The van der Waals surface area contributed by atoms with Crippen molar-refractivity contribution >= 4 is 5.91 Å². The van der Waals surface area contributed by atoms with Crippen LogP contribution >= 0.6 is 0 Å². The molecule has 0 aliphatic heterocycles. The highest BCUT2D eigenvalue weighted by Crippen LogP contribution is 2.05. The second kappa shape index (κ2) is 7.76. The molecule has 0 saturated carbocycles. The van der Waals surface area contributed by atoms with Crippen molar-refractivity contribution < 1.29 is 14.6 Å². The van der Waals surface area contributed by atoms with Crippen molar-refractivity contribution in [3.8, 4) is 0 Å². The Morgan fingerprint density at radius 1 is 1.57 bits per heavy atom. The largest absolute Gasteiger partial charge is 0.395 e. The van der Waals surface area contributed by atoms with Gasteiger partial charge in [0.05, 0.1) is 6.61 Å². The molecular formula is C10H21NO3. The third-order valence-corrected chi connectivity index (χ3v) is 2.08. The number of carbonyl (C=O) groups is 1. The van der Waals surface area contributed by atoms with Crippen molar-refractivity contribution in [1.29, 1.82) is 0 Å². The Bertz CT molecular complexity index is 161. The lowest BCUT2D eigenvalue weighted by molar-refractivity contribution is -0.132. The Morgan fingerprint density at radius 2 is 2.21 bits per heavy atom. The van der Waals surface area contributed by atoms with Gasteiger partial charge >= 0.3 is 0 Å². The molecule has 84 valence electrons. The van der Waals surface area contributed by atoms with Gasteiger partial charge in [-0.2, -0.15) is 0 Å². The van der Waals surface area contributed by atoms with Gasteiger partial charge in [-0.1, -0.05) is 6.92 Å². The molecule has 0 aromatic carbocycles. The van der Waals surface area contributed by atoms with Crippen molar-refractivity contribution in [2.45, 2.75) is 20.3 Å². The van der Waals surface area contributed by atoms with Gasteiger partial charge < -0.3 is 14.7 Å². The topological polar surface area (TPSA) is 49.8 Å². The van der Waals surface area contributed by atoms with E-state index in [0.29, 0.717) is 26.1 Å². The normalized spacial score (nSPS) is 12.6. The first-order valence-electron chi connectivity index (χ1n) is 5.03. The maximum atomic E-state index is 11.6. The fourth-order valence-electron chi connectivity index (χ4n) is 1.35. The zero-order valence-corrected chi connectivity index (χ0v) is 9.32. The first kappa shape index (κ1) is 13.4. The monoisotopic (exact) mass is 203 g/mol. The molecule has 0 aromatic heterocycles. The van der Waals surface area contributed by atoms with Gasteiger partial charge in [-0.15, -0.1) is 0 Å². The van der Waals surface area contributed by atoms with Crippen molar-refractivity contribution in [1.82, 2.24) is 4.90 Å². The lowest BCUT2D eigenvalue weighted by atomic mass is 10.1. The van der Waals surface area contributed by atoms with E-state index in [-0.39, 0.29) is 18.4 Å². The van der Waals surface area contributed by atoms with E-state index in [2.05, 4.69) is 0 Å². The molecule has 0 rings (SSSR count). The number of likely N-dealkylation sites (N-methyl/N-ethyl adjacent to an activating group) is 1. The summed E-state index contributed by atoms with van der Waals surface area (Å²) in [4.78, 5) is 13.3. The zero-order valence-electron chi connectivity index (χ0n) is 9.32. The smallest absolute Gasteiger partial charge is 0.222 e. The zero-order chi connectivity index (χ0) is 11.0. The van der Waals surface area contributed by atoms with E-state index in [9.17, 15) is 4.79 Å². The number of aliphatic hydroxyl groups is 1. The summed E-state index contributed by atoms with van der Waals surface area (Å²) in [7, 11) is 1.63. The third-order valence-electron chi connectivity index (χ3n) is 2.08. The average Bonchev–Trinajstić information content (AvgIpc) is 2.14. The fraction of sp³-hybridized carbons (Fsp3) is 0.900. The number of ether oxygens (including phenoxy) is 1. The third kappa shape index (κ3) is 5.19. The predicted molar refractivity (Wildman–Crippen MR) is 55.0 cm³/mol. The minimum atomic E-state index is 0.0260. The second-order valence-corrected chi connectivity index (χ2v) is 3.46. The molecule has 0 bridgehead atoms. The minimum Gasteiger partial charge on any atom is -0.395 e. The molecule has 0 spiro atoms. The van der Waals surface area contributed by atoms with E-state index in [1.807, 2.05) is 13.8 Å². The maximum absolute atomic E-state index is 11.6. The fourth-order valence-corrected chi connectivity index (χ4v) is 1.35. The molecule has 1 atom stereocenters. The summed E-state index contributed by atoms with van der Waals surface area (Å²) in [6, 6.07) is 0. The average molecular weight is 203 g/mol. The van der Waals surface area contributed by atoms with Crippen LogP contribution in [0.4, 0.5) is 0 Å². The molecule has 0 saturated heterocycles. The van der Waals surface area contributed by atoms with E-state index in [1.54, 1.807) is 12.0 Å². The maximum Gasteiger partial charge on any atom is 0.222 e. The van der Waals surface area contributed by atoms with E-state index < -0.39 is 0 Å². The van der Waals surface area contributed by atoms with Gasteiger partial charge in [0.2, 0.25) is 5.91 Å². The summed E-state index contributed by atoms with van der Waals surface area (Å²) in [5.41, 5.74) is 0. The van der Waals surface area contributed by atoms with E-state index in [1.165, 1.54) is 0 Å². The van der Waals surface area contributed by atoms with Crippen LogP contribution in [0.25, 0.3) is 0 Å². The van der Waals surface area contributed by atoms with Gasteiger partial charge in [0.25, 0.3) is 0 Å². The molecule has 0 aromatic rings. The summed E-state index contributed by atoms with van der Waals surface area (Å²) in [6.07, 6.45) is 0.488. The Morgan fingerprint density at radius 3 is 2.64 bits per heavy atom. The van der Waals surface area contributed by atoms with Crippen LogP contribution in [0.15, 0.2) is 0 Å². The van der Waals surface area contributed by atoms with Crippen molar-refractivity contribution in [2.75, 3.05) is 33.4 Å². The highest BCUT2D eigenvalue weighted by atomic mass is 16.5. The summed E-state index contributed by atoms with van der Waals surface area (Å²) >= 11 is 0. The van der Waals surface area contributed by atoms with Crippen LogP contribution in [-0.4, -0.2) is 49.3 Å². The number of nitrogens with zero attached hydrogens (tertiary/aromatic N) is 1. The summed E-state index contributed by atoms with van der Waals surface area (Å²) in [5, 5.41) is 8.74. The Hall–Kier alpha value is -0.610. The number of hydrogen-bond donors (Lipinski definition) is 1. The van der Waals surface area contributed by atoms with Crippen molar-refractivity contribution in [2.24, 2.45) is 5.92 Å². The lowest BCUT2D eigenvalue weighted by Crippen LogP contribution is -2.34. The quantitative estimate of drug-likeness (QED) is 0.655. The molecule has 14 heavy (non-hydrogen) atoms. The van der Waals surface area contributed by atoms with Crippen molar-refractivity contribution in [3.63, 3.8) is 0 Å². The molecule has 0 radical (unpaired) electrons. The van der Waals surface area contributed by atoms with E-state index in [0.717, 1.165) is 0 Å². The molecule has 0 heterocycles. The van der Waals surface area contributed by atoms with Crippen LogP contribution in [-0.2, 0) is 9.53 Å². The van der Waals surface area contributed by atoms with Gasteiger partial charge in [-0.05, 0) is 12.8 Å². The molecule has 0 aliphatic carbocycles. The lowest BCUT2D eigenvalue weighted by Gasteiger charge is -2.21. The van der Waals surface area contributed by atoms with Crippen LogP contribution in [0.2, 0.25) is 0 Å². The summed E-state index contributed by atoms with van der Waals surface area (Å²) in [6.45, 7) is 5.59. The number of amides is 1. The van der Waals surface area contributed by atoms with Crippen LogP contribution in [0.5, 0.6) is 0 Å². The van der Waals surface area contributed by atoms with Gasteiger partial charge in [-0.3, -0.25) is 4.79 Å². The summed E-state index contributed by atoms with van der Waals surface area (Å²) in [5.74, 6) is 0.325. The SMILES string of the molecule is CCN(CCO)C(=O)CC(C)COC. The van der Waals surface area contributed by atoms with Crippen LogP contribution < -0.4 is 0 Å². The number of rotatable bonds is 7. The summed E-state index contributed by atoms with van der Waals surface area (Å²) < 4.78 is 4.96. The molecule has 1 amide bonds. The molecule has 1 unspecified atom stereocenters. The molecule has 0 aliphatic rings. The molecule has 1 N–H and O–H groups in total. The van der Waals surface area contributed by atoms with E-state index in [4.69, 9.17) is 9.84 Å². The van der Waals surface area contributed by atoms with Crippen LogP contribution in [0.3, 0.4) is 0 Å². The number of methoxy groups -OCH3 is 1. The molecule has 4 heteroatoms. The number of hydrogen-bond acceptors (Lipinski definition) is 3. The Balaban J connectivity index is 3.90. The van der Waals surface area contributed by atoms with Gasteiger partial charge in [0.15, 0.2) is 0 Å². The van der Waals surface area contributed by atoms with E-state index >= 15 is 0 Å². The standard InChI is InChI=1S/C10H21NO3/c1-4-11(5-6-12)10(13)7-9(2)8-14-3/h9,12H,4-8H2,1-3H3. The second-order valence-electron chi connectivity index (χ2n) is 3.46. The molecule has 4 nitrogen and oxygen atoms in total. The van der Waals surface area contributed by atoms with Gasteiger partial charge in [0.1, 0.15) is 0 Å². The first-order chi connectivity index (χ1) is 6.65. The molecular weight excluding hydrogens is 182 g/mol. The first-order valence-corrected chi connectivity index (χ1v) is 5.03.